The number of piperazine rings is 1. The molecule has 1 atom stereocenters. The molecule has 5 heteroatoms. The predicted molar refractivity (Wildman–Crippen MR) is 79.7 cm³/mol. The van der Waals surface area contributed by atoms with Gasteiger partial charge in [0.05, 0.1) is 6.61 Å². The molecule has 1 amide bonds. The molecule has 0 radical (unpaired) electrons. The van der Waals surface area contributed by atoms with Crippen molar-refractivity contribution in [3.05, 3.63) is 0 Å². The minimum Gasteiger partial charge on any atom is -0.444 e. The van der Waals surface area contributed by atoms with Crippen LogP contribution >= 0.6 is 0 Å². The molecule has 0 aromatic carbocycles. The van der Waals surface area contributed by atoms with Gasteiger partial charge in [-0.15, -0.1) is 0 Å². The number of aliphatic hydroxyl groups is 1. The highest BCUT2D eigenvalue weighted by Gasteiger charge is 2.28. The van der Waals surface area contributed by atoms with Crippen LogP contribution in [-0.4, -0.2) is 65.4 Å². The van der Waals surface area contributed by atoms with Crippen LogP contribution in [-0.2, 0) is 4.74 Å². The first kappa shape index (κ1) is 17.2. The molecule has 0 aromatic rings. The van der Waals surface area contributed by atoms with Crippen LogP contribution in [0.3, 0.4) is 0 Å². The molecule has 0 saturated carbocycles. The van der Waals surface area contributed by atoms with Gasteiger partial charge in [0.25, 0.3) is 0 Å². The summed E-state index contributed by atoms with van der Waals surface area (Å²) in [7, 11) is 0. The van der Waals surface area contributed by atoms with E-state index in [1.54, 1.807) is 4.90 Å². The fourth-order valence-electron chi connectivity index (χ4n) is 2.48. The van der Waals surface area contributed by atoms with Crippen molar-refractivity contribution in [2.75, 3.05) is 32.8 Å². The number of aliphatic hydroxyl groups excluding tert-OH is 1. The van der Waals surface area contributed by atoms with Crippen LogP contribution in [0.15, 0.2) is 0 Å². The first-order valence-electron chi connectivity index (χ1n) is 7.55. The molecule has 1 aliphatic rings. The van der Waals surface area contributed by atoms with Gasteiger partial charge < -0.3 is 14.7 Å². The van der Waals surface area contributed by atoms with Gasteiger partial charge in [-0.3, -0.25) is 4.90 Å². The van der Waals surface area contributed by atoms with Crippen LogP contribution < -0.4 is 0 Å². The third-order valence-electron chi connectivity index (χ3n) is 3.44. The van der Waals surface area contributed by atoms with Gasteiger partial charge in [-0.05, 0) is 33.1 Å². The second-order valence-corrected chi connectivity index (χ2v) is 6.97. The summed E-state index contributed by atoms with van der Waals surface area (Å²) in [5.41, 5.74) is -0.445. The van der Waals surface area contributed by atoms with Gasteiger partial charge in [-0.1, -0.05) is 13.8 Å². The van der Waals surface area contributed by atoms with Crippen molar-refractivity contribution in [2.24, 2.45) is 5.92 Å². The summed E-state index contributed by atoms with van der Waals surface area (Å²) < 4.78 is 5.38. The van der Waals surface area contributed by atoms with E-state index in [4.69, 9.17) is 4.74 Å². The number of nitrogens with zero attached hydrogens (tertiary/aromatic N) is 2. The lowest BCUT2D eigenvalue weighted by Gasteiger charge is -2.39. The molecule has 118 valence electrons. The molecular weight excluding hydrogens is 256 g/mol. The monoisotopic (exact) mass is 286 g/mol. The zero-order valence-electron chi connectivity index (χ0n) is 13.6. The van der Waals surface area contributed by atoms with Crippen molar-refractivity contribution in [1.29, 1.82) is 0 Å². The van der Waals surface area contributed by atoms with Crippen LogP contribution in [0, 0.1) is 5.92 Å². The maximum atomic E-state index is 12.0. The third-order valence-corrected chi connectivity index (χ3v) is 3.44. The molecule has 0 bridgehead atoms. The number of hydrogen-bond acceptors (Lipinski definition) is 4. The zero-order chi connectivity index (χ0) is 15.3. The molecule has 1 fully saturated rings. The summed E-state index contributed by atoms with van der Waals surface area (Å²) in [5, 5.41) is 9.51. The van der Waals surface area contributed by atoms with Crippen molar-refractivity contribution in [2.45, 2.75) is 52.7 Å². The Kier molecular flexibility index (Phi) is 6.27. The Morgan fingerprint density at radius 1 is 1.20 bits per heavy atom. The van der Waals surface area contributed by atoms with Gasteiger partial charge in [0.2, 0.25) is 0 Å². The van der Waals surface area contributed by atoms with E-state index >= 15 is 0 Å². The van der Waals surface area contributed by atoms with Gasteiger partial charge in [-0.25, -0.2) is 4.79 Å². The molecule has 0 aliphatic carbocycles. The molecule has 20 heavy (non-hydrogen) atoms. The van der Waals surface area contributed by atoms with E-state index < -0.39 is 5.60 Å². The number of amides is 1. The fourth-order valence-corrected chi connectivity index (χ4v) is 2.48. The summed E-state index contributed by atoms with van der Waals surface area (Å²) in [6, 6.07) is 0.204. The predicted octanol–water partition coefficient (Wildman–Crippen LogP) is 1.95. The number of carbonyl (C=O) groups is 1. The SMILES string of the molecule is CC(C)CC(CO)N1CCN(C(=O)OC(C)(C)C)CC1. The third kappa shape index (κ3) is 5.67. The van der Waals surface area contributed by atoms with Gasteiger partial charge in [0, 0.05) is 32.2 Å². The molecule has 1 saturated heterocycles. The van der Waals surface area contributed by atoms with Crippen LogP contribution in [0.4, 0.5) is 4.79 Å². The Morgan fingerprint density at radius 3 is 2.15 bits per heavy atom. The first-order valence-corrected chi connectivity index (χ1v) is 7.55. The quantitative estimate of drug-likeness (QED) is 0.858. The maximum absolute atomic E-state index is 12.0. The molecule has 0 spiro atoms. The van der Waals surface area contributed by atoms with Crippen molar-refractivity contribution in [1.82, 2.24) is 9.80 Å². The Morgan fingerprint density at radius 2 is 1.75 bits per heavy atom. The molecule has 5 nitrogen and oxygen atoms in total. The average molecular weight is 286 g/mol. The van der Waals surface area contributed by atoms with Crippen molar-refractivity contribution >= 4 is 6.09 Å². The zero-order valence-corrected chi connectivity index (χ0v) is 13.6. The largest absolute Gasteiger partial charge is 0.444 e. The highest BCUT2D eigenvalue weighted by Crippen LogP contribution is 2.16. The smallest absolute Gasteiger partial charge is 0.410 e. The van der Waals surface area contributed by atoms with Gasteiger partial charge in [0.1, 0.15) is 5.60 Å². The number of rotatable bonds is 4. The number of hydrogen-bond donors (Lipinski definition) is 1. The van der Waals surface area contributed by atoms with E-state index in [1.165, 1.54) is 0 Å². The molecule has 1 aliphatic heterocycles. The van der Waals surface area contributed by atoms with E-state index in [0.717, 1.165) is 19.5 Å². The summed E-state index contributed by atoms with van der Waals surface area (Å²) in [5.74, 6) is 0.566. The Hall–Kier alpha value is -0.810. The summed E-state index contributed by atoms with van der Waals surface area (Å²) in [4.78, 5) is 16.0. The summed E-state index contributed by atoms with van der Waals surface area (Å²) in [6.07, 6.45) is 0.754. The molecule has 1 heterocycles. The van der Waals surface area contributed by atoms with E-state index in [9.17, 15) is 9.90 Å². The number of carbonyl (C=O) groups excluding carboxylic acids is 1. The number of ether oxygens (including phenoxy) is 1. The average Bonchev–Trinajstić information content (AvgIpc) is 2.34. The Bertz CT molecular complexity index is 305. The standard InChI is InChI=1S/C15H30N2O3/c1-12(2)10-13(11-18)16-6-8-17(9-7-16)14(19)20-15(3,4)5/h12-13,18H,6-11H2,1-5H3. The topological polar surface area (TPSA) is 53.0 Å². The summed E-state index contributed by atoms with van der Waals surface area (Å²) >= 11 is 0. The van der Waals surface area contributed by atoms with Crippen LogP contribution in [0.25, 0.3) is 0 Å². The molecular formula is C15H30N2O3. The Labute approximate surface area is 122 Å². The van der Waals surface area contributed by atoms with Crippen molar-refractivity contribution < 1.29 is 14.6 Å². The Balaban J connectivity index is 2.44. The maximum Gasteiger partial charge on any atom is 0.410 e. The minimum atomic E-state index is -0.445. The molecule has 1 unspecified atom stereocenters. The lowest BCUT2D eigenvalue weighted by Crippen LogP contribution is -2.53. The van der Waals surface area contributed by atoms with Crippen molar-refractivity contribution in [3.63, 3.8) is 0 Å². The van der Waals surface area contributed by atoms with E-state index in [-0.39, 0.29) is 18.7 Å². The fraction of sp³-hybridized carbons (Fsp3) is 0.933. The second-order valence-electron chi connectivity index (χ2n) is 6.97. The van der Waals surface area contributed by atoms with E-state index in [1.807, 2.05) is 20.8 Å². The molecule has 1 N–H and O–H groups in total. The first-order chi connectivity index (χ1) is 9.23. The van der Waals surface area contributed by atoms with Gasteiger partial charge in [-0.2, -0.15) is 0 Å². The molecule has 0 aromatic heterocycles. The normalized spacial score (nSPS) is 19.2. The van der Waals surface area contributed by atoms with Crippen LogP contribution in [0.1, 0.15) is 41.0 Å². The van der Waals surface area contributed by atoms with E-state index in [0.29, 0.717) is 19.0 Å². The second kappa shape index (κ2) is 7.27. The van der Waals surface area contributed by atoms with Gasteiger partial charge in [0.15, 0.2) is 0 Å². The van der Waals surface area contributed by atoms with Crippen LogP contribution in [0.5, 0.6) is 0 Å². The van der Waals surface area contributed by atoms with Gasteiger partial charge >= 0.3 is 6.09 Å². The lowest BCUT2D eigenvalue weighted by molar-refractivity contribution is 0.00496. The highest BCUT2D eigenvalue weighted by molar-refractivity contribution is 5.68. The minimum absolute atomic E-state index is 0.185. The van der Waals surface area contributed by atoms with Crippen LogP contribution in [0.2, 0.25) is 0 Å². The van der Waals surface area contributed by atoms with E-state index in [2.05, 4.69) is 18.7 Å². The lowest BCUT2D eigenvalue weighted by atomic mass is 10.0. The highest BCUT2D eigenvalue weighted by atomic mass is 16.6. The van der Waals surface area contributed by atoms with Crippen molar-refractivity contribution in [3.8, 4) is 0 Å². The molecule has 1 rings (SSSR count). The summed E-state index contributed by atoms with van der Waals surface area (Å²) in [6.45, 7) is 13.1.